The number of nitrogens with zero attached hydrogens (tertiary/aromatic N) is 4. The summed E-state index contributed by atoms with van der Waals surface area (Å²) in [6.45, 7) is 1.85. The Bertz CT molecular complexity index is 1040. The number of hydrazone groups is 1. The van der Waals surface area contributed by atoms with Crippen LogP contribution in [0.5, 0.6) is 0 Å². The topological polar surface area (TPSA) is 61.6 Å². The lowest BCUT2D eigenvalue weighted by atomic mass is 10.0. The summed E-state index contributed by atoms with van der Waals surface area (Å²) in [5.41, 5.74) is 1.03. The van der Waals surface area contributed by atoms with Crippen LogP contribution in [-0.2, 0) is 4.87 Å². The number of anilines is 1. The quantitative estimate of drug-likeness (QED) is 0.614. The van der Waals surface area contributed by atoms with Gasteiger partial charge in [-0.25, -0.2) is 13.8 Å². The average molecular weight is 433 g/mol. The second-order valence-corrected chi connectivity index (χ2v) is 8.95. The van der Waals surface area contributed by atoms with Gasteiger partial charge in [0.2, 0.25) is 5.13 Å². The first-order valence-electron chi connectivity index (χ1n) is 9.03. The van der Waals surface area contributed by atoms with Gasteiger partial charge in [0.15, 0.2) is 0 Å². The Labute approximate surface area is 175 Å². The molecular formula is C20H18F2N4OS2. The molecule has 0 saturated carbocycles. The van der Waals surface area contributed by atoms with Crippen molar-refractivity contribution in [2.45, 2.75) is 24.6 Å². The van der Waals surface area contributed by atoms with Gasteiger partial charge in [0, 0.05) is 12.2 Å². The van der Waals surface area contributed by atoms with Crippen LogP contribution in [0.25, 0.3) is 0 Å². The van der Waals surface area contributed by atoms with Crippen molar-refractivity contribution < 1.29 is 13.9 Å². The van der Waals surface area contributed by atoms with Crippen molar-refractivity contribution in [1.29, 1.82) is 0 Å². The number of aliphatic hydroxyl groups excluding tert-OH is 1. The highest BCUT2D eigenvalue weighted by molar-refractivity contribution is 8.15. The van der Waals surface area contributed by atoms with Crippen LogP contribution in [0, 0.1) is 18.6 Å². The van der Waals surface area contributed by atoms with Gasteiger partial charge in [-0.1, -0.05) is 53.4 Å². The van der Waals surface area contributed by atoms with Crippen molar-refractivity contribution in [3.63, 3.8) is 0 Å². The number of thioether (sulfide) groups is 1. The molecular weight excluding hydrogens is 414 g/mol. The number of aryl methyl sites for hydroxylation is 1. The van der Waals surface area contributed by atoms with Gasteiger partial charge in [-0.2, -0.15) is 5.10 Å². The fourth-order valence-corrected chi connectivity index (χ4v) is 5.43. The Morgan fingerprint density at radius 1 is 1.10 bits per heavy atom. The summed E-state index contributed by atoms with van der Waals surface area (Å²) in [5.74, 6) is -1.08. The van der Waals surface area contributed by atoms with Crippen LogP contribution in [0.15, 0.2) is 53.6 Å². The van der Waals surface area contributed by atoms with Gasteiger partial charge in [0.1, 0.15) is 26.6 Å². The summed E-state index contributed by atoms with van der Waals surface area (Å²) >= 11 is 2.71. The van der Waals surface area contributed by atoms with Crippen LogP contribution in [-0.4, -0.2) is 27.0 Å². The van der Waals surface area contributed by atoms with Gasteiger partial charge in [-0.05, 0) is 43.5 Å². The number of aliphatic hydroxyl groups is 1. The molecule has 3 aromatic rings. The summed E-state index contributed by atoms with van der Waals surface area (Å²) in [6.07, 6.45) is 1.03. The third kappa shape index (κ3) is 3.77. The highest BCUT2D eigenvalue weighted by atomic mass is 32.2. The van der Waals surface area contributed by atoms with Gasteiger partial charge >= 0.3 is 0 Å². The van der Waals surface area contributed by atoms with Gasteiger partial charge < -0.3 is 5.11 Å². The lowest BCUT2D eigenvalue weighted by Crippen LogP contribution is -2.37. The standard InChI is InChI=1S/C20H18F2N4OS2/c1-13-23-24-19(28-13)26-20(10-5-11-27,14-6-3-2-4-7-14)29-18(25-26)16-12-15(21)8-9-17(16)22/h2-4,6-9,12,27H,5,10-11H2,1H3. The predicted molar refractivity (Wildman–Crippen MR) is 112 cm³/mol. The van der Waals surface area contributed by atoms with E-state index in [4.69, 9.17) is 0 Å². The molecule has 1 aliphatic heterocycles. The van der Waals surface area contributed by atoms with E-state index in [0.29, 0.717) is 23.0 Å². The maximum atomic E-state index is 14.5. The summed E-state index contributed by atoms with van der Waals surface area (Å²) in [6, 6.07) is 13.0. The molecule has 0 aliphatic carbocycles. The number of hydrogen-bond acceptors (Lipinski definition) is 7. The zero-order valence-electron chi connectivity index (χ0n) is 15.5. The molecule has 4 rings (SSSR count). The summed E-state index contributed by atoms with van der Waals surface area (Å²) in [5, 5.41) is 25.9. The van der Waals surface area contributed by atoms with Crippen molar-refractivity contribution in [3.05, 3.63) is 76.3 Å². The molecule has 0 fully saturated rings. The molecule has 1 aliphatic rings. The third-order valence-electron chi connectivity index (χ3n) is 4.55. The van der Waals surface area contributed by atoms with Gasteiger partial charge in [0.25, 0.3) is 0 Å². The maximum Gasteiger partial charge on any atom is 0.230 e. The third-order valence-corrected chi connectivity index (χ3v) is 6.81. The number of rotatable bonds is 6. The zero-order valence-corrected chi connectivity index (χ0v) is 17.2. The fourth-order valence-electron chi connectivity index (χ4n) is 3.23. The molecule has 0 spiro atoms. The van der Waals surface area contributed by atoms with Crippen LogP contribution < -0.4 is 5.01 Å². The second-order valence-electron chi connectivity index (χ2n) is 6.52. The van der Waals surface area contributed by atoms with Crippen molar-refractivity contribution in [3.8, 4) is 0 Å². The Hall–Kier alpha value is -2.36. The van der Waals surface area contributed by atoms with E-state index in [0.717, 1.165) is 28.8 Å². The number of halogens is 2. The Balaban J connectivity index is 1.88. The molecule has 2 heterocycles. The van der Waals surface area contributed by atoms with Crippen LogP contribution in [0.3, 0.4) is 0 Å². The van der Waals surface area contributed by atoms with E-state index in [1.54, 1.807) is 5.01 Å². The summed E-state index contributed by atoms with van der Waals surface area (Å²) < 4.78 is 28.4. The van der Waals surface area contributed by atoms with Crippen molar-refractivity contribution in [2.75, 3.05) is 11.6 Å². The summed E-state index contributed by atoms with van der Waals surface area (Å²) in [4.78, 5) is -0.760. The van der Waals surface area contributed by atoms with Crippen LogP contribution in [0.4, 0.5) is 13.9 Å². The Morgan fingerprint density at radius 2 is 1.90 bits per heavy atom. The molecule has 0 bridgehead atoms. The van der Waals surface area contributed by atoms with Gasteiger partial charge in [-0.3, -0.25) is 0 Å². The minimum absolute atomic E-state index is 0.00178. The minimum Gasteiger partial charge on any atom is -0.396 e. The summed E-state index contributed by atoms with van der Waals surface area (Å²) in [7, 11) is 0. The molecule has 0 saturated heterocycles. The molecule has 1 atom stereocenters. The maximum absolute atomic E-state index is 14.5. The van der Waals surface area contributed by atoms with Crippen molar-refractivity contribution >= 4 is 33.3 Å². The molecule has 0 amide bonds. The number of aromatic nitrogens is 2. The number of hydrogen-bond donors (Lipinski definition) is 1. The second kappa shape index (κ2) is 8.17. The first-order valence-corrected chi connectivity index (χ1v) is 10.7. The van der Waals surface area contributed by atoms with E-state index in [-0.39, 0.29) is 12.2 Å². The highest BCUT2D eigenvalue weighted by Crippen LogP contribution is 2.52. The Kier molecular flexibility index (Phi) is 5.62. The normalized spacial score (nSPS) is 18.9. The first kappa shape index (κ1) is 19.9. The monoisotopic (exact) mass is 432 g/mol. The van der Waals surface area contributed by atoms with E-state index >= 15 is 0 Å². The molecule has 29 heavy (non-hydrogen) atoms. The smallest absolute Gasteiger partial charge is 0.230 e. The SMILES string of the molecule is Cc1nnc(N2N=C(c3cc(F)ccc3F)SC2(CCCO)c2ccccc2)s1. The van der Waals surface area contributed by atoms with E-state index in [1.165, 1.54) is 23.1 Å². The zero-order chi connectivity index (χ0) is 20.4. The van der Waals surface area contributed by atoms with Crippen LogP contribution in [0.1, 0.15) is 29.0 Å². The highest BCUT2D eigenvalue weighted by Gasteiger charge is 2.47. The molecule has 1 N–H and O–H groups in total. The molecule has 1 aromatic heterocycles. The van der Waals surface area contributed by atoms with E-state index < -0.39 is 16.5 Å². The van der Waals surface area contributed by atoms with E-state index in [2.05, 4.69) is 15.3 Å². The molecule has 9 heteroatoms. The largest absolute Gasteiger partial charge is 0.396 e. The molecule has 0 radical (unpaired) electrons. The fraction of sp³-hybridized carbons (Fsp3) is 0.250. The molecule has 2 aromatic carbocycles. The van der Waals surface area contributed by atoms with Gasteiger partial charge in [0.05, 0.1) is 0 Å². The number of benzene rings is 2. The average Bonchev–Trinajstić information content (AvgIpc) is 3.33. The van der Waals surface area contributed by atoms with Crippen LogP contribution >= 0.6 is 23.1 Å². The Morgan fingerprint density at radius 3 is 2.59 bits per heavy atom. The first-order chi connectivity index (χ1) is 14.0. The van der Waals surface area contributed by atoms with Crippen molar-refractivity contribution in [2.24, 2.45) is 5.10 Å². The molecule has 5 nitrogen and oxygen atoms in total. The van der Waals surface area contributed by atoms with Crippen LogP contribution in [0.2, 0.25) is 0 Å². The molecule has 1 unspecified atom stereocenters. The van der Waals surface area contributed by atoms with Crippen molar-refractivity contribution in [1.82, 2.24) is 10.2 Å². The van der Waals surface area contributed by atoms with E-state index in [9.17, 15) is 13.9 Å². The minimum atomic E-state index is -0.760. The predicted octanol–water partition coefficient (Wildman–Crippen LogP) is 4.67. The lowest BCUT2D eigenvalue weighted by Gasteiger charge is -2.35. The lowest BCUT2D eigenvalue weighted by molar-refractivity contribution is 0.275. The molecule has 150 valence electrons. The van der Waals surface area contributed by atoms with E-state index in [1.807, 2.05) is 37.3 Å². The van der Waals surface area contributed by atoms with Gasteiger partial charge in [-0.15, -0.1) is 10.2 Å².